The zero-order valence-corrected chi connectivity index (χ0v) is 34.0. The van der Waals surface area contributed by atoms with E-state index in [1.54, 1.807) is 26.2 Å². The summed E-state index contributed by atoms with van der Waals surface area (Å²) >= 11 is 7.68. The predicted molar refractivity (Wildman–Crippen MR) is 209 cm³/mol. The molecule has 1 aliphatic heterocycles. The van der Waals surface area contributed by atoms with Crippen LogP contribution in [-0.2, 0) is 25.9 Å². The second kappa shape index (κ2) is 16.7. The van der Waals surface area contributed by atoms with Crippen molar-refractivity contribution in [2.24, 2.45) is 11.8 Å². The van der Waals surface area contributed by atoms with Crippen LogP contribution in [0.5, 0.6) is 5.75 Å². The smallest absolute Gasteiger partial charge is 0.329 e. The fraction of sp³-hybridized carbons (Fsp3) is 0.439. The third-order valence-corrected chi connectivity index (χ3v) is 13.9. The maximum absolute atomic E-state index is 15.6. The number of ether oxygens (including phenoxy) is 2. The molecule has 0 saturated carbocycles. The topological polar surface area (TPSA) is 93.7 Å². The number of halogens is 4. The summed E-state index contributed by atoms with van der Waals surface area (Å²) in [4.78, 5) is 12.8. The first-order valence-corrected chi connectivity index (χ1v) is 20.7. The number of allylic oxidation sites excluding steroid dienone is 4. The van der Waals surface area contributed by atoms with Crippen LogP contribution in [0.25, 0.3) is 0 Å². The third-order valence-electron chi connectivity index (χ3n) is 11.0. The van der Waals surface area contributed by atoms with Crippen LogP contribution in [0.4, 0.5) is 18.0 Å². The number of amides is 2. The Kier molecular flexibility index (Phi) is 12.9. The number of hydrogen-bond donors (Lipinski definition) is 2. The van der Waals surface area contributed by atoms with Gasteiger partial charge in [0.1, 0.15) is 23.2 Å². The van der Waals surface area contributed by atoms with Gasteiger partial charge in [0.05, 0.1) is 17.0 Å². The van der Waals surface area contributed by atoms with E-state index in [2.05, 4.69) is 39.1 Å². The highest BCUT2D eigenvalue weighted by Crippen LogP contribution is 2.49. The van der Waals surface area contributed by atoms with E-state index >= 15 is 8.78 Å². The van der Waals surface area contributed by atoms with E-state index in [0.717, 1.165) is 33.7 Å². The molecular formula is C41H48ClF3N2O5S2. The Morgan fingerprint density at radius 3 is 2.28 bits per heavy atom. The molecule has 3 unspecified atom stereocenters. The first kappa shape index (κ1) is 41.7. The molecule has 5 rings (SSSR count). The number of carbonyl (C=O) groups excluding carboxylic acids is 1. The first-order valence-electron chi connectivity index (χ1n) is 17.9. The highest BCUT2D eigenvalue weighted by Gasteiger charge is 2.37. The number of sulfonamides is 1. The summed E-state index contributed by atoms with van der Waals surface area (Å²) in [6.07, 6.45) is 3.75. The van der Waals surface area contributed by atoms with Crippen LogP contribution in [0.1, 0.15) is 83.4 Å². The van der Waals surface area contributed by atoms with Crippen molar-refractivity contribution in [3.05, 3.63) is 116 Å². The van der Waals surface area contributed by atoms with Gasteiger partial charge < -0.3 is 14.8 Å². The van der Waals surface area contributed by atoms with Gasteiger partial charge in [0, 0.05) is 35.5 Å². The van der Waals surface area contributed by atoms with E-state index in [-0.39, 0.29) is 34.9 Å². The van der Waals surface area contributed by atoms with Crippen LogP contribution in [0.3, 0.4) is 0 Å². The summed E-state index contributed by atoms with van der Waals surface area (Å²) in [5.74, 6) is -2.18. The molecule has 3 atom stereocenters. The summed E-state index contributed by atoms with van der Waals surface area (Å²) in [6.45, 7) is 13.2. The van der Waals surface area contributed by atoms with E-state index in [0.29, 0.717) is 43.2 Å². The molecule has 1 fully saturated rings. The molecule has 0 bridgehead atoms. The summed E-state index contributed by atoms with van der Waals surface area (Å²) in [7, 11) is -3.01. The molecule has 1 aliphatic carbocycles. The number of methoxy groups -OCH3 is 1. The average Bonchev–Trinajstić information content (AvgIpc) is 3.10. The number of carbonyl (C=O) groups is 1. The lowest BCUT2D eigenvalue weighted by Crippen LogP contribution is -2.53. The summed E-state index contributed by atoms with van der Waals surface area (Å²) in [6, 6.07) is 12.7. The van der Waals surface area contributed by atoms with Crippen molar-refractivity contribution in [2.45, 2.75) is 88.3 Å². The average molecular weight is 805 g/mol. The van der Waals surface area contributed by atoms with Gasteiger partial charge in [-0.1, -0.05) is 74.7 Å². The van der Waals surface area contributed by atoms with Crippen LogP contribution in [0, 0.1) is 29.3 Å². The molecule has 3 aromatic rings. The van der Waals surface area contributed by atoms with Gasteiger partial charge in [-0.15, -0.1) is 11.8 Å². The number of rotatable bonds is 10. The number of hydrogen-bond acceptors (Lipinski definition) is 6. The molecule has 54 heavy (non-hydrogen) atoms. The Bertz CT molecular complexity index is 2020. The fourth-order valence-electron chi connectivity index (χ4n) is 7.30. The monoisotopic (exact) mass is 804 g/mol. The van der Waals surface area contributed by atoms with Crippen LogP contribution < -0.4 is 14.8 Å². The zero-order chi connectivity index (χ0) is 39.6. The Labute approximate surface area is 326 Å². The molecule has 0 radical (unpaired) electrons. The second-order valence-electron chi connectivity index (χ2n) is 15.0. The van der Waals surface area contributed by atoms with Gasteiger partial charge in [0.25, 0.3) is 10.0 Å². The van der Waals surface area contributed by atoms with E-state index in [9.17, 15) is 17.6 Å². The molecule has 2 aliphatic rings. The SMILES string of the molecule is COc1cc(C(C)(C)C2=CC(C)C(C)=C(SCc3c(F)cc(S(=O)(=O)NC(=O)NC4(C)CCOCC4)cc3F)CC(c3ccc(F)cc3)C2C)ccc1Cl. The van der Waals surface area contributed by atoms with Crippen molar-refractivity contribution in [3.8, 4) is 5.75 Å². The van der Waals surface area contributed by atoms with Crippen LogP contribution in [0.2, 0.25) is 5.02 Å². The van der Waals surface area contributed by atoms with Crippen LogP contribution >= 0.6 is 23.4 Å². The third kappa shape index (κ3) is 9.32. The van der Waals surface area contributed by atoms with Crippen molar-refractivity contribution >= 4 is 39.4 Å². The van der Waals surface area contributed by atoms with Gasteiger partial charge in [0.15, 0.2) is 0 Å². The van der Waals surface area contributed by atoms with Crippen molar-refractivity contribution in [3.63, 3.8) is 0 Å². The van der Waals surface area contributed by atoms with Gasteiger partial charge in [-0.05, 0) is 103 Å². The highest BCUT2D eigenvalue weighted by atomic mass is 35.5. The molecule has 7 nitrogen and oxygen atoms in total. The van der Waals surface area contributed by atoms with Crippen molar-refractivity contribution in [1.82, 2.24) is 10.0 Å². The van der Waals surface area contributed by atoms with E-state index in [4.69, 9.17) is 21.1 Å². The number of urea groups is 1. The summed E-state index contributed by atoms with van der Waals surface area (Å²) < 4.78 is 84.2. The van der Waals surface area contributed by atoms with E-state index in [1.165, 1.54) is 29.5 Å². The molecule has 3 aromatic carbocycles. The Balaban J connectivity index is 1.44. The van der Waals surface area contributed by atoms with Gasteiger partial charge >= 0.3 is 6.03 Å². The van der Waals surface area contributed by atoms with Crippen LogP contribution in [0.15, 0.2) is 81.6 Å². The Morgan fingerprint density at radius 2 is 1.67 bits per heavy atom. The minimum Gasteiger partial charge on any atom is -0.495 e. The standard InChI is InChI=1S/C41H48ClF3N2O5S2/c1-24-18-33(40(4,5)28-10-13-34(42)37(19-28)51-7)26(3)31(27-8-11-29(43)12-9-27)22-38(25(24)2)53-23-32-35(44)20-30(21-36(32)45)54(49,50)47-39(48)46-41(6)14-16-52-17-15-41/h8-13,18-21,24,26,31H,14-17,22-23H2,1-7H3,(H2,46,47,48). The molecule has 2 amide bonds. The predicted octanol–water partition coefficient (Wildman–Crippen LogP) is 10.2. The lowest BCUT2D eigenvalue weighted by molar-refractivity contribution is 0.0495. The molecule has 292 valence electrons. The molecule has 1 saturated heterocycles. The number of thioether (sulfide) groups is 1. The lowest BCUT2D eigenvalue weighted by Gasteiger charge is -2.40. The zero-order valence-electron chi connectivity index (χ0n) is 31.6. The largest absolute Gasteiger partial charge is 0.495 e. The van der Waals surface area contributed by atoms with E-state index in [1.807, 2.05) is 29.8 Å². The highest BCUT2D eigenvalue weighted by molar-refractivity contribution is 8.02. The second-order valence-corrected chi connectivity index (χ2v) is 18.2. The van der Waals surface area contributed by atoms with Gasteiger partial charge in [-0.2, -0.15) is 0 Å². The number of nitrogens with one attached hydrogen (secondary N) is 2. The van der Waals surface area contributed by atoms with Gasteiger partial charge in [0.2, 0.25) is 0 Å². The quantitative estimate of drug-likeness (QED) is 0.198. The summed E-state index contributed by atoms with van der Waals surface area (Å²) in [5.41, 5.74) is 2.72. The maximum Gasteiger partial charge on any atom is 0.329 e. The minimum atomic E-state index is -4.59. The normalized spacial score (nSPS) is 20.8. The molecule has 1 heterocycles. The first-order chi connectivity index (χ1) is 25.3. The number of benzene rings is 3. The molecule has 2 N–H and O–H groups in total. The van der Waals surface area contributed by atoms with Crippen molar-refractivity contribution in [1.29, 1.82) is 0 Å². The van der Waals surface area contributed by atoms with E-state index < -0.39 is 43.5 Å². The van der Waals surface area contributed by atoms with Crippen molar-refractivity contribution in [2.75, 3.05) is 20.3 Å². The fourth-order valence-corrected chi connectivity index (χ4v) is 9.73. The molecular weight excluding hydrogens is 757 g/mol. The Hall–Kier alpha value is -3.45. The van der Waals surface area contributed by atoms with Crippen LogP contribution in [-0.4, -0.2) is 40.3 Å². The molecule has 0 spiro atoms. The molecule has 0 aromatic heterocycles. The summed E-state index contributed by atoms with van der Waals surface area (Å²) in [5, 5.41) is 3.16. The van der Waals surface area contributed by atoms with Gasteiger partial charge in [-0.25, -0.2) is 31.1 Å². The Morgan fingerprint density at radius 1 is 1.04 bits per heavy atom. The molecule has 13 heteroatoms. The lowest BCUT2D eigenvalue weighted by atomic mass is 9.66. The van der Waals surface area contributed by atoms with Crippen molar-refractivity contribution < 1.29 is 35.9 Å². The maximum atomic E-state index is 15.6. The minimum absolute atomic E-state index is 0.0459. The van der Waals surface area contributed by atoms with Gasteiger partial charge in [-0.3, -0.25) is 0 Å².